The molecule has 1 atom stereocenters. The van der Waals surface area contributed by atoms with Crippen LogP contribution in [0, 0.1) is 37.0 Å². The van der Waals surface area contributed by atoms with Gasteiger partial charge in [0.1, 0.15) is 6.23 Å². The van der Waals surface area contributed by atoms with Gasteiger partial charge in [-0.1, -0.05) is 13.8 Å². The van der Waals surface area contributed by atoms with Crippen LogP contribution in [0.1, 0.15) is 53.2 Å². The summed E-state index contributed by atoms with van der Waals surface area (Å²) >= 11 is 0. The number of nitrogens with zero attached hydrogens (tertiary/aromatic N) is 2. The van der Waals surface area contributed by atoms with Crippen molar-refractivity contribution in [3.8, 4) is 0 Å². The summed E-state index contributed by atoms with van der Waals surface area (Å²) in [6.45, 7) is 9.47. The normalized spacial score (nSPS) is 19.8. The number of nitrogens with one attached hydrogen (secondary N) is 1. The summed E-state index contributed by atoms with van der Waals surface area (Å²) < 4.78 is 7.66. The Hall–Kier alpha value is 0.247. The van der Waals surface area contributed by atoms with E-state index < -0.39 is 0 Å². The Bertz CT molecular complexity index is 403. The van der Waals surface area contributed by atoms with Crippen molar-refractivity contribution in [3.63, 3.8) is 0 Å². The Morgan fingerprint density at radius 2 is 2.20 bits per heavy atom. The molecule has 1 unspecified atom stereocenters. The van der Waals surface area contributed by atoms with Gasteiger partial charge >= 0.3 is 0 Å². The molecule has 4 nitrogen and oxygen atoms in total. The zero-order chi connectivity index (χ0) is 13.9. The fraction of sp³-hybridized carbons (Fsp3) is 0.714. The van der Waals surface area contributed by atoms with E-state index in [4.69, 9.17) is 4.74 Å². The third-order valence-electron chi connectivity index (χ3n) is 3.92. The molecule has 1 fully saturated rings. The molecule has 1 radical (unpaired) electrons. The first kappa shape index (κ1) is 18.3. The minimum Gasteiger partial charge on any atom is -0.379 e. The van der Waals surface area contributed by atoms with Crippen LogP contribution in [-0.4, -0.2) is 29.3 Å². The summed E-state index contributed by atoms with van der Waals surface area (Å²) in [7, 11) is 2.03. The quantitative estimate of drug-likeness (QED) is 0.497. The van der Waals surface area contributed by atoms with Gasteiger partial charge < -0.3 is 15.9 Å². The van der Waals surface area contributed by atoms with E-state index in [1.807, 2.05) is 24.5 Å². The Morgan fingerprint density at radius 3 is 2.80 bits per heavy atom. The molecule has 0 saturated carbocycles. The van der Waals surface area contributed by atoms with Crippen LogP contribution >= 0.6 is 0 Å². The van der Waals surface area contributed by atoms with Crippen LogP contribution in [0.4, 0.5) is 0 Å². The summed E-state index contributed by atoms with van der Waals surface area (Å²) in [5.41, 5.74) is 1.09. The molecule has 1 N–H and O–H groups in total. The van der Waals surface area contributed by atoms with Crippen LogP contribution < -0.4 is 10.7 Å². The maximum absolute atomic E-state index is 5.72. The molecular weight excluding hydrogens is 475 g/mol. The molecule has 0 aliphatic carbocycles. The van der Waals surface area contributed by atoms with E-state index >= 15 is 0 Å². The number of rotatable bonds is 5. The second-order valence-corrected chi connectivity index (χ2v) is 5.99. The third-order valence-corrected chi connectivity index (χ3v) is 3.92. The van der Waals surface area contributed by atoms with Gasteiger partial charge in [-0.15, -0.1) is 5.54 Å². The average molecular weight is 499 g/mol. The van der Waals surface area contributed by atoms with Gasteiger partial charge in [-0.05, 0) is 24.7 Å². The van der Waals surface area contributed by atoms with Gasteiger partial charge in [-0.25, -0.2) is 4.68 Å². The molecule has 1 aromatic heterocycles. The Balaban J connectivity index is 0.00000200. The maximum Gasteiger partial charge on any atom is 0.247 e. The van der Waals surface area contributed by atoms with Crippen molar-refractivity contribution < 1.29 is 35.9 Å². The van der Waals surface area contributed by atoms with Crippen LogP contribution in [-0.2, 0) is 4.74 Å². The smallest absolute Gasteiger partial charge is 0.247 e. The Morgan fingerprint density at radius 1 is 1.45 bits per heavy atom. The molecule has 0 amide bonds. The second kappa shape index (κ2) is 8.03. The molecule has 1 aliphatic rings. The van der Waals surface area contributed by atoms with Gasteiger partial charge in [-0.2, -0.15) is 18.9 Å². The fourth-order valence-corrected chi connectivity index (χ4v) is 1.93. The molecule has 2 rings (SSSR count). The molecule has 1 saturated heterocycles. The molecule has 109 valence electrons. The number of hydrogen-bond acceptors (Lipinski definition) is 3. The van der Waals surface area contributed by atoms with E-state index in [1.54, 1.807) is 0 Å². The first-order valence-electron chi connectivity index (χ1n) is 7.06. The maximum atomic E-state index is 5.72. The summed E-state index contributed by atoms with van der Waals surface area (Å²) in [4.78, 5) is 0. The molecular formula is C14H24BN3OU-. The molecule has 6 heteroatoms. The molecule has 0 spiro atoms. The van der Waals surface area contributed by atoms with Gasteiger partial charge in [0, 0.05) is 50.1 Å². The molecule has 1 aliphatic heterocycles. The van der Waals surface area contributed by atoms with Gasteiger partial charge in [0.25, 0.3) is 0 Å². The average Bonchev–Trinajstić information content (AvgIpc) is 2.86. The summed E-state index contributed by atoms with van der Waals surface area (Å²) in [6, 6.07) is 0. The van der Waals surface area contributed by atoms with Gasteiger partial charge in [0.2, 0.25) is 7.41 Å². The standard InChI is InChI=1S/C14H24BN3O.U/c1-11(2)14(3,4)17-15-12-9-16-18(10-12)13-7-5-6-8-19-13;/h9-10,13,17H,5-8H2,1-4H3;/q-1;. The summed E-state index contributed by atoms with van der Waals surface area (Å²) in [5, 5.41) is 7.83. The van der Waals surface area contributed by atoms with Crippen molar-refractivity contribution in [3.05, 3.63) is 18.3 Å². The van der Waals surface area contributed by atoms with Crippen molar-refractivity contribution >= 4 is 12.9 Å². The molecule has 0 aromatic carbocycles. The Kier molecular flexibility index (Phi) is 7.35. The number of ether oxygens (including phenoxy) is 1. The van der Waals surface area contributed by atoms with Crippen LogP contribution in [0.25, 0.3) is 0 Å². The van der Waals surface area contributed by atoms with Crippen LogP contribution in [0.15, 0.2) is 12.4 Å². The SMILES string of the molecule is C[C-](C)C(C)(C)N[B]c1cnn(C2CCCCO2)c1.[U]. The van der Waals surface area contributed by atoms with E-state index in [-0.39, 0.29) is 42.9 Å². The fourth-order valence-electron chi connectivity index (χ4n) is 1.93. The summed E-state index contributed by atoms with van der Waals surface area (Å²) in [5.74, 6) is 1.35. The largest absolute Gasteiger partial charge is 0.379 e. The minimum absolute atomic E-state index is 0. The summed E-state index contributed by atoms with van der Waals surface area (Å²) in [6.07, 6.45) is 7.48. The first-order valence-corrected chi connectivity index (χ1v) is 7.06. The van der Waals surface area contributed by atoms with Crippen molar-refractivity contribution in [1.29, 1.82) is 0 Å². The minimum atomic E-state index is 0. The van der Waals surface area contributed by atoms with Crippen molar-refractivity contribution in [2.75, 3.05) is 6.61 Å². The Labute approximate surface area is 147 Å². The van der Waals surface area contributed by atoms with E-state index in [0.717, 1.165) is 24.9 Å². The number of aromatic nitrogens is 2. The predicted molar refractivity (Wildman–Crippen MR) is 78.3 cm³/mol. The second-order valence-electron chi connectivity index (χ2n) is 5.99. The van der Waals surface area contributed by atoms with Crippen molar-refractivity contribution in [1.82, 2.24) is 15.0 Å². The number of hydrogen-bond donors (Lipinski definition) is 1. The van der Waals surface area contributed by atoms with Gasteiger partial charge in [-0.3, -0.25) is 0 Å². The van der Waals surface area contributed by atoms with Gasteiger partial charge in [0.05, 0.1) is 0 Å². The molecule has 20 heavy (non-hydrogen) atoms. The van der Waals surface area contributed by atoms with Crippen LogP contribution in [0.5, 0.6) is 0 Å². The monoisotopic (exact) mass is 499 g/mol. The van der Waals surface area contributed by atoms with Crippen LogP contribution in [0.3, 0.4) is 0 Å². The zero-order valence-corrected chi connectivity index (χ0v) is 17.1. The molecule has 2 heterocycles. The van der Waals surface area contributed by atoms with E-state index in [2.05, 4.69) is 38.0 Å². The molecule has 0 bridgehead atoms. The zero-order valence-electron chi connectivity index (χ0n) is 12.9. The predicted octanol–water partition coefficient (Wildman–Crippen LogP) is 1.81. The van der Waals surface area contributed by atoms with E-state index in [0.29, 0.717) is 0 Å². The first-order chi connectivity index (χ1) is 8.99. The topological polar surface area (TPSA) is 39.1 Å². The van der Waals surface area contributed by atoms with Crippen molar-refractivity contribution in [2.24, 2.45) is 0 Å². The van der Waals surface area contributed by atoms with Gasteiger partial charge in [0.15, 0.2) is 0 Å². The van der Waals surface area contributed by atoms with E-state index in [9.17, 15) is 0 Å². The third kappa shape index (κ3) is 4.91. The molecule has 1 aromatic rings. The van der Waals surface area contributed by atoms with Crippen molar-refractivity contribution in [2.45, 2.75) is 58.7 Å². The van der Waals surface area contributed by atoms with E-state index in [1.165, 1.54) is 12.3 Å². The van der Waals surface area contributed by atoms with Crippen LogP contribution in [0.2, 0.25) is 0 Å².